The van der Waals surface area contributed by atoms with Gasteiger partial charge in [0.15, 0.2) is 0 Å². The van der Waals surface area contributed by atoms with Crippen molar-refractivity contribution in [2.45, 2.75) is 70.6 Å². The number of fused-ring (bicyclic) bond motifs is 4. The molecular formula is C25H28O2. The number of carbonyl (C=O) groups excluding carboxylic acids is 2. The molecule has 2 aliphatic carbocycles. The Balaban J connectivity index is 2.16. The van der Waals surface area contributed by atoms with Gasteiger partial charge in [0, 0.05) is 16.5 Å². The van der Waals surface area contributed by atoms with E-state index in [1.807, 2.05) is 12.1 Å². The lowest BCUT2D eigenvalue weighted by molar-refractivity contribution is 0.111. The molecule has 0 saturated carbocycles. The molecule has 0 fully saturated rings. The standard InChI is InChI=1S/C25H28O2/c1-15-7-17(11-26)21-19(9-15)23(3,4)13-25(21)14-24(5,6)20-10-16(2)8-18(12-27)22(20)25/h7-12H,13-14H2,1-6H3. The topological polar surface area (TPSA) is 34.1 Å². The molecule has 0 unspecified atom stereocenters. The number of hydrogen-bond acceptors (Lipinski definition) is 2. The quantitative estimate of drug-likeness (QED) is 0.655. The minimum absolute atomic E-state index is 0.0398. The summed E-state index contributed by atoms with van der Waals surface area (Å²) in [4.78, 5) is 24.2. The summed E-state index contributed by atoms with van der Waals surface area (Å²) in [6.45, 7) is 13.2. The van der Waals surface area contributed by atoms with Crippen LogP contribution in [0.4, 0.5) is 0 Å². The Morgan fingerprint density at radius 2 is 1.07 bits per heavy atom. The van der Waals surface area contributed by atoms with Crippen LogP contribution in [-0.4, -0.2) is 12.6 Å². The highest BCUT2D eigenvalue weighted by atomic mass is 16.1. The van der Waals surface area contributed by atoms with Crippen molar-refractivity contribution in [3.63, 3.8) is 0 Å². The van der Waals surface area contributed by atoms with Crippen LogP contribution in [-0.2, 0) is 16.2 Å². The monoisotopic (exact) mass is 360 g/mol. The van der Waals surface area contributed by atoms with Crippen LogP contribution in [0.5, 0.6) is 0 Å². The highest BCUT2D eigenvalue weighted by Gasteiger charge is 2.57. The molecule has 0 atom stereocenters. The Morgan fingerprint density at radius 3 is 1.41 bits per heavy atom. The van der Waals surface area contributed by atoms with Crippen LogP contribution in [0.2, 0.25) is 0 Å². The number of benzene rings is 2. The molecule has 0 heterocycles. The van der Waals surface area contributed by atoms with Crippen molar-refractivity contribution in [2.24, 2.45) is 0 Å². The SMILES string of the molecule is Cc1cc(C=O)c2c(c1)C(C)(C)CC21CC(C)(C)c2cc(C)cc(C=O)c21. The predicted molar refractivity (Wildman–Crippen MR) is 109 cm³/mol. The Kier molecular flexibility index (Phi) is 3.64. The number of aryl methyl sites for hydroxylation is 2. The Hall–Kier alpha value is -2.22. The lowest BCUT2D eigenvalue weighted by atomic mass is 9.70. The number of hydrogen-bond donors (Lipinski definition) is 0. The zero-order valence-electron chi connectivity index (χ0n) is 17.2. The average molecular weight is 360 g/mol. The Morgan fingerprint density at radius 1 is 0.704 bits per heavy atom. The number of carbonyl (C=O) groups is 2. The van der Waals surface area contributed by atoms with Gasteiger partial charge in [0.25, 0.3) is 0 Å². The minimum atomic E-state index is -0.272. The van der Waals surface area contributed by atoms with Gasteiger partial charge in [-0.2, -0.15) is 0 Å². The summed E-state index contributed by atoms with van der Waals surface area (Å²) in [5.41, 5.74) is 8.33. The molecule has 140 valence electrons. The van der Waals surface area contributed by atoms with E-state index in [4.69, 9.17) is 0 Å². The van der Waals surface area contributed by atoms with Gasteiger partial charge in [-0.3, -0.25) is 9.59 Å². The van der Waals surface area contributed by atoms with Crippen molar-refractivity contribution in [3.05, 3.63) is 68.8 Å². The summed E-state index contributed by atoms with van der Waals surface area (Å²) >= 11 is 0. The first-order chi connectivity index (χ1) is 12.6. The van der Waals surface area contributed by atoms with E-state index in [-0.39, 0.29) is 16.2 Å². The first-order valence-corrected chi connectivity index (χ1v) is 9.77. The summed E-state index contributed by atoms with van der Waals surface area (Å²) in [5.74, 6) is 0. The molecule has 0 amide bonds. The highest BCUT2D eigenvalue weighted by Crippen LogP contribution is 2.64. The fourth-order valence-corrected chi connectivity index (χ4v) is 6.19. The van der Waals surface area contributed by atoms with E-state index in [2.05, 4.69) is 53.7 Å². The predicted octanol–water partition coefficient (Wildman–Crippen LogP) is 5.58. The summed E-state index contributed by atoms with van der Waals surface area (Å²) in [5, 5.41) is 0. The third-order valence-corrected chi connectivity index (χ3v) is 6.78. The van der Waals surface area contributed by atoms with E-state index in [1.165, 1.54) is 11.1 Å². The molecule has 2 nitrogen and oxygen atoms in total. The molecule has 0 bridgehead atoms. The second kappa shape index (κ2) is 5.41. The van der Waals surface area contributed by atoms with Gasteiger partial charge in [0.2, 0.25) is 0 Å². The second-order valence-electron chi connectivity index (χ2n) is 9.99. The van der Waals surface area contributed by atoms with Crippen LogP contribution in [0.15, 0.2) is 24.3 Å². The third-order valence-electron chi connectivity index (χ3n) is 6.78. The van der Waals surface area contributed by atoms with Crippen LogP contribution in [0.25, 0.3) is 0 Å². The summed E-state index contributed by atoms with van der Waals surface area (Å²) in [6, 6.07) is 8.51. The van der Waals surface area contributed by atoms with E-state index in [9.17, 15) is 9.59 Å². The molecule has 4 rings (SSSR count). The molecule has 2 aromatic rings. The van der Waals surface area contributed by atoms with Crippen molar-refractivity contribution in [1.82, 2.24) is 0 Å². The molecule has 0 radical (unpaired) electrons. The van der Waals surface area contributed by atoms with Crippen LogP contribution in [0.3, 0.4) is 0 Å². The van der Waals surface area contributed by atoms with Gasteiger partial charge in [0.05, 0.1) is 0 Å². The molecule has 2 heteroatoms. The zero-order chi connectivity index (χ0) is 19.8. The van der Waals surface area contributed by atoms with Crippen molar-refractivity contribution < 1.29 is 9.59 Å². The average Bonchev–Trinajstić information content (AvgIpc) is 2.93. The molecule has 2 aromatic carbocycles. The van der Waals surface area contributed by atoms with Crippen molar-refractivity contribution in [1.29, 1.82) is 0 Å². The zero-order valence-corrected chi connectivity index (χ0v) is 17.2. The van der Waals surface area contributed by atoms with E-state index in [1.54, 1.807) is 0 Å². The van der Waals surface area contributed by atoms with Crippen LogP contribution in [0.1, 0.15) is 94.6 Å². The van der Waals surface area contributed by atoms with Crippen molar-refractivity contribution in [3.8, 4) is 0 Å². The lowest BCUT2D eigenvalue weighted by Crippen LogP contribution is -2.28. The maximum Gasteiger partial charge on any atom is 0.150 e. The summed E-state index contributed by atoms with van der Waals surface area (Å²) in [7, 11) is 0. The van der Waals surface area contributed by atoms with Gasteiger partial charge in [-0.15, -0.1) is 0 Å². The molecule has 1 spiro atoms. The second-order valence-corrected chi connectivity index (χ2v) is 9.99. The maximum absolute atomic E-state index is 12.1. The van der Waals surface area contributed by atoms with Crippen LogP contribution in [0, 0.1) is 13.8 Å². The highest BCUT2D eigenvalue weighted by molar-refractivity contribution is 5.86. The van der Waals surface area contributed by atoms with E-state index in [0.29, 0.717) is 0 Å². The molecule has 0 aromatic heterocycles. The van der Waals surface area contributed by atoms with Gasteiger partial charge >= 0.3 is 0 Å². The molecular weight excluding hydrogens is 332 g/mol. The number of aldehydes is 2. The van der Waals surface area contributed by atoms with Gasteiger partial charge in [-0.25, -0.2) is 0 Å². The summed E-state index contributed by atoms with van der Waals surface area (Å²) < 4.78 is 0. The molecule has 0 aliphatic heterocycles. The normalized spacial score (nSPS) is 20.4. The maximum atomic E-state index is 12.1. The molecule has 27 heavy (non-hydrogen) atoms. The smallest absolute Gasteiger partial charge is 0.150 e. The van der Waals surface area contributed by atoms with Gasteiger partial charge in [0.1, 0.15) is 12.6 Å². The third kappa shape index (κ3) is 2.32. The van der Waals surface area contributed by atoms with Crippen LogP contribution >= 0.6 is 0 Å². The van der Waals surface area contributed by atoms with Gasteiger partial charge in [-0.1, -0.05) is 51.0 Å². The molecule has 0 saturated heterocycles. The van der Waals surface area contributed by atoms with Crippen molar-refractivity contribution >= 4 is 12.6 Å². The van der Waals surface area contributed by atoms with Gasteiger partial charge in [-0.05, 0) is 71.9 Å². The fourth-order valence-electron chi connectivity index (χ4n) is 6.19. The van der Waals surface area contributed by atoms with Gasteiger partial charge < -0.3 is 0 Å². The lowest BCUT2D eigenvalue weighted by Gasteiger charge is -2.32. The Labute approximate surface area is 162 Å². The van der Waals surface area contributed by atoms with E-state index < -0.39 is 0 Å². The first-order valence-electron chi connectivity index (χ1n) is 9.77. The molecule has 2 aliphatic rings. The Bertz CT molecular complexity index is 910. The molecule has 0 N–H and O–H groups in total. The van der Waals surface area contributed by atoms with E-state index >= 15 is 0 Å². The minimum Gasteiger partial charge on any atom is -0.298 e. The van der Waals surface area contributed by atoms with E-state index in [0.717, 1.165) is 58.8 Å². The largest absolute Gasteiger partial charge is 0.298 e. The van der Waals surface area contributed by atoms with Crippen molar-refractivity contribution in [2.75, 3.05) is 0 Å². The summed E-state index contributed by atoms with van der Waals surface area (Å²) in [6.07, 6.45) is 3.88. The number of rotatable bonds is 2. The first kappa shape index (κ1) is 18.2. The fraction of sp³-hybridized carbons (Fsp3) is 0.440. The van der Waals surface area contributed by atoms with Crippen LogP contribution < -0.4 is 0 Å².